The van der Waals surface area contributed by atoms with Crippen LogP contribution in [0.15, 0.2) is 29.2 Å². The van der Waals surface area contributed by atoms with Gasteiger partial charge in [0.1, 0.15) is 5.75 Å². The number of nitrogens with one attached hydrogen (secondary N) is 1. The minimum Gasteiger partial charge on any atom is -0.507 e. The van der Waals surface area contributed by atoms with Gasteiger partial charge >= 0.3 is 6.03 Å². The molecule has 86 valence electrons. The Hall–Kier alpha value is -1.69. The number of hydrogen-bond donors (Lipinski definition) is 3. The number of thioether (sulfide) groups is 1. The van der Waals surface area contributed by atoms with Gasteiger partial charge in [0.05, 0.1) is 5.25 Å². The first-order chi connectivity index (χ1) is 7.50. The molecule has 0 aliphatic rings. The molecule has 1 unspecified atom stereocenters. The average Bonchev–Trinajstić information content (AvgIpc) is 2.20. The fraction of sp³-hybridized carbons (Fsp3) is 0.200. The summed E-state index contributed by atoms with van der Waals surface area (Å²) in [5.41, 5.74) is 4.82. The molecule has 1 aromatic carbocycles. The van der Waals surface area contributed by atoms with Gasteiger partial charge < -0.3 is 10.8 Å². The van der Waals surface area contributed by atoms with E-state index in [-0.39, 0.29) is 5.75 Å². The van der Waals surface area contributed by atoms with Gasteiger partial charge in [-0.15, -0.1) is 11.8 Å². The van der Waals surface area contributed by atoms with E-state index in [1.54, 1.807) is 25.1 Å². The van der Waals surface area contributed by atoms with Gasteiger partial charge in [-0.2, -0.15) is 0 Å². The van der Waals surface area contributed by atoms with Crippen molar-refractivity contribution in [3.8, 4) is 5.75 Å². The molecule has 1 aromatic rings. The highest BCUT2D eigenvalue weighted by molar-refractivity contribution is 8.00. The predicted molar refractivity (Wildman–Crippen MR) is 61.2 cm³/mol. The molecule has 1 atom stereocenters. The van der Waals surface area contributed by atoms with Crippen LogP contribution in [0.5, 0.6) is 5.75 Å². The lowest BCUT2D eigenvalue weighted by atomic mass is 10.3. The van der Waals surface area contributed by atoms with E-state index in [4.69, 9.17) is 5.73 Å². The van der Waals surface area contributed by atoms with Gasteiger partial charge in [-0.1, -0.05) is 12.1 Å². The number of phenols is 1. The SMILES string of the molecule is CC(Sc1ccccc1O)C(=O)NC(N)=O. The second-order valence-electron chi connectivity index (χ2n) is 3.08. The number of carbonyl (C=O) groups is 2. The first-order valence-corrected chi connectivity index (χ1v) is 5.43. The molecule has 0 heterocycles. The van der Waals surface area contributed by atoms with Crippen molar-refractivity contribution in [1.82, 2.24) is 5.32 Å². The molecule has 4 N–H and O–H groups in total. The largest absolute Gasteiger partial charge is 0.507 e. The van der Waals surface area contributed by atoms with Crippen LogP contribution in [0.2, 0.25) is 0 Å². The van der Waals surface area contributed by atoms with Crippen molar-refractivity contribution in [2.24, 2.45) is 5.73 Å². The van der Waals surface area contributed by atoms with Gasteiger partial charge in [-0.25, -0.2) is 4.79 Å². The van der Waals surface area contributed by atoms with E-state index in [0.29, 0.717) is 4.90 Å². The van der Waals surface area contributed by atoms with Crippen LogP contribution in [-0.2, 0) is 4.79 Å². The Labute approximate surface area is 97.0 Å². The summed E-state index contributed by atoms with van der Waals surface area (Å²) in [7, 11) is 0. The van der Waals surface area contributed by atoms with Crippen molar-refractivity contribution < 1.29 is 14.7 Å². The lowest BCUT2D eigenvalue weighted by Crippen LogP contribution is -2.39. The Bertz CT molecular complexity index is 409. The van der Waals surface area contributed by atoms with Gasteiger partial charge in [0.15, 0.2) is 0 Å². The van der Waals surface area contributed by atoms with Crippen LogP contribution in [0.1, 0.15) is 6.92 Å². The van der Waals surface area contributed by atoms with Gasteiger partial charge in [-0.05, 0) is 19.1 Å². The molecule has 0 radical (unpaired) electrons. The normalized spacial score (nSPS) is 11.8. The smallest absolute Gasteiger partial charge is 0.318 e. The van der Waals surface area contributed by atoms with Crippen molar-refractivity contribution in [2.75, 3.05) is 0 Å². The highest BCUT2D eigenvalue weighted by Crippen LogP contribution is 2.30. The highest BCUT2D eigenvalue weighted by Gasteiger charge is 2.16. The monoisotopic (exact) mass is 240 g/mol. The zero-order chi connectivity index (χ0) is 12.1. The maximum atomic E-state index is 11.4. The summed E-state index contributed by atoms with van der Waals surface area (Å²) in [6, 6.07) is 5.78. The van der Waals surface area contributed by atoms with E-state index in [1.807, 2.05) is 5.32 Å². The van der Waals surface area contributed by atoms with Crippen molar-refractivity contribution in [1.29, 1.82) is 0 Å². The Kier molecular flexibility index (Phi) is 4.19. The minimum atomic E-state index is -0.880. The molecular weight excluding hydrogens is 228 g/mol. The zero-order valence-electron chi connectivity index (χ0n) is 8.64. The molecule has 0 aliphatic carbocycles. The molecule has 3 amide bonds. The number of hydrogen-bond acceptors (Lipinski definition) is 4. The third kappa shape index (κ3) is 3.47. The van der Waals surface area contributed by atoms with E-state index in [0.717, 1.165) is 11.8 Å². The summed E-state index contributed by atoms with van der Waals surface area (Å²) in [5, 5.41) is 10.9. The highest BCUT2D eigenvalue weighted by atomic mass is 32.2. The van der Waals surface area contributed by atoms with E-state index in [9.17, 15) is 14.7 Å². The topological polar surface area (TPSA) is 92.4 Å². The number of nitrogens with two attached hydrogens (primary N) is 1. The number of primary amides is 1. The molecule has 0 spiro atoms. The lowest BCUT2D eigenvalue weighted by Gasteiger charge is -2.10. The number of benzene rings is 1. The van der Waals surface area contributed by atoms with E-state index >= 15 is 0 Å². The van der Waals surface area contributed by atoms with Gasteiger partial charge in [-0.3, -0.25) is 10.1 Å². The quantitative estimate of drug-likeness (QED) is 0.689. The van der Waals surface area contributed by atoms with Gasteiger partial charge in [0.25, 0.3) is 0 Å². The third-order valence-corrected chi connectivity index (χ3v) is 2.95. The Morgan fingerprint density at radius 2 is 2.06 bits per heavy atom. The molecule has 0 aromatic heterocycles. The summed E-state index contributed by atoms with van der Waals surface area (Å²) < 4.78 is 0. The molecule has 0 saturated carbocycles. The summed E-state index contributed by atoms with van der Waals surface area (Å²) >= 11 is 1.15. The number of phenolic OH excluding ortho intramolecular Hbond substituents is 1. The summed E-state index contributed by atoms with van der Waals surface area (Å²) in [6.45, 7) is 1.62. The average molecular weight is 240 g/mol. The second-order valence-corrected chi connectivity index (χ2v) is 4.46. The number of carbonyl (C=O) groups excluding carboxylic acids is 2. The number of imide groups is 1. The first kappa shape index (κ1) is 12.4. The number of urea groups is 1. The third-order valence-electron chi connectivity index (χ3n) is 1.78. The van der Waals surface area contributed by atoms with Crippen LogP contribution in [0.3, 0.4) is 0 Å². The Balaban J connectivity index is 2.64. The number of aromatic hydroxyl groups is 1. The molecule has 0 bridgehead atoms. The van der Waals surface area contributed by atoms with Crippen molar-refractivity contribution in [3.63, 3.8) is 0 Å². The Morgan fingerprint density at radius 1 is 1.44 bits per heavy atom. The molecule has 6 heteroatoms. The molecular formula is C10H12N2O3S. The van der Waals surface area contributed by atoms with Crippen LogP contribution in [-0.4, -0.2) is 22.3 Å². The number of para-hydroxylation sites is 1. The van der Waals surface area contributed by atoms with Crippen LogP contribution >= 0.6 is 11.8 Å². The summed E-state index contributed by atoms with van der Waals surface area (Å²) in [6.07, 6.45) is 0. The fourth-order valence-electron chi connectivity index (χ4n) is 1.02. The van der Waals surface area contributed by atoms with Crippen molar-refractivity contribution >= 4 is 23.7 Å². The number of rotatable bonds is 3. The fourth-order valence-corrected chi connectivity index (χ4v) is 1.92. The maximum absolute atomic E-state index is 11.4. The molecule has 16 heavy (non-hydrogen) atoms. The molecule has 0 fully saturated rings. The molecule has 0 saturated heterocycles. The van der Waals surface area contributed by atoms with Crippen LogP contribution in [0.25, 0.3) is 0 Å². The molecule has 0 aliphatic heterocycles. The van der Waals surface area contributed by atoms with Crippen molar-refractivity contribution in [2.45, 2.75) is 17.1 Å². The number of amides is 3. The summed E-state index contributed by atoms with van der Waals surface area (Å²) in [5.74, 6) is -0.382. The van der Waals surface area contributed by atoms with Gasteiger partial charge in [0.2, 0.25) is 5.91 Å². The minimum absolute atomic E-state index is 0.103. The predicted octanol–water partition coefficient (Wildman–Crippen LogP) is 1.07. The first-order valence-electron chi connectivity index (χ1n) is 4.55. The van der Waals surface area contributed by atoms with Crippen LogP contribution in [0, 0.1) is 0 Å². The summed E-state index contributed by atoms with van der Waals surface area (Å²) in [4.78, 5) is 22.4. The lowest BCUT2D eigenvalue weighted by molar-refractivity contribution is -0.119. The van der Waals surface area contributed by atoms with E-state index < -0.39 is 17.2 Å². The Morgan fingerprint density at radius 3 is 2.62 bits per heavy atom. The molecule has 5 nitrogen and oxygen atoms in total. The van der Waals surface area contributed by atoms with Crippen LogP contribution < -0.4 is 11.1 Å². The van der Waals surface area contributed by atoms with Crippen molar-refractivity contribution in [3.05, 3.63) is 24.3 Å². The maximum Gasteiger partial charge on any atom is 0.318 e. The van der Waals surface area contributed by atoms with Crippen LogP contribution in [0.4, 0.5) is 4.79 Å². The molecule has 1 rings (SSSR count). The zero-order valence-corrected chi connectivity index (χ0v) is 9.45. The standard InChI is InChI=1S/C10H12N2O3S/c1-6(9(14)12-10(11)15)16-8-5-3-2-4-7(8)13/h2-6,13H,1H3,(H3,11,12,14,15). The van der Waals surface area contributed by atoms with E-state index in [1.165, 1.54) is 6.07 Å². The second kappa shape index (κ2) is 5.41. The van der Waals surface area contributed by atoms with E-state index in [2.05, 4.69) is 0 Å². The van der Waals surface area contributed by atoms with Gasteiger partial charge in [0, 0.05) is 4.90 Å².